The molecule has 0 unspecified atom stereocenters. The zero-order valence-corrected chi connectivity index (χ0v) is 14.8. The normalized spacial score (nSPS) is 10.3. The van der Waals surface area contributed by atoms with E-state index < -0.39 is 6.03 Å². The zero-order valence-electron chi connectivity index (χ0n) is 14.0. The molecule has 0 fully saturated rings. The number of methoxy groups -OCH3 is 1. The van der Waals surface area contributed by atoms with Crippen molar-refractivity contribution in [3.8, 4) is 0 Å². The van der Waals surface area contributed by atoms with Crippen LogP contribution in [0.4, 0.5) is 15.6 Å². The number of urea groups is 1. The van der Waals surface area contributed by atoms with Crippen molar-refractivity contribution in [3.05, 3.63) is 34.3 Å². The highest BCUT2D eigenvalue weighted by Gasteiger charge is 2.13. The van der Waals surface area contributed by atoms with E-state index in [2.05, 4.69) is 26.1 Å². The standard InChI is InChI=1S/C15H20N6O3S/c1-9-10(13(22)17-6-7-24-2)4-3-5-11(9)19-15(23)18-8-12-20-21-14(16)25-12/h3-5H,6-8H2,1-2H3,(H2,16,21)(H,17,22)(H2,18,19,23). The molecule has 2 aromatic rings. The summed E-state index contributed by atoms with van der Waals surface area (Å²) in [7, 11) is 1.57. The average molecular weight is 364 g/mol. The van der Waals surface area contributed by atoms with Gasteiger partial charge in [-0.05, 0) is 24.6 Å². The third kappa shape index (κ3) is 5.40. The number of nitrogens with one attached hydrogen (secondary N) is 3. The van der Waals surface area contributed by atoms with Crippen LogP contribution in [0.1, 0.15) is 20.9 Å². The molecule has 134 valence electrons. The monoisotopic (exact) mass is 364 g/mol. The summed E-state index contributed by atoms with van der Waals surface area (Å²) in [6.07, 6.45) is 0. The van der Waals surface area contributed by atoms with Crippen molar-refractivity contribution in [2.24, 2.45) is 0 Å². The Balaban J connectivity index is 1.95. The number of ether oxygens (including phenoxy) is 1. The minimum Gasteiger partial charge on any atom is -0.383 e. The summed E-state index contributed by atoms with van der Waals surface area (Å²) in [4.78, 5) is 24.2. The van der Waals surface area contributed by atoms with E-state index in [0.29, 0.717) is 40.1 Å². The molecule has 2 rings (SSSR count). The number of nitrogens with two attached hydrogens (primary N) is 1. The third-order valence-electron chi connectivity index (χ3n) is 3.30. The number of hydrogen-bond acceptors (Lipinski definition) is 7. The first-order valence-corrected chi connectivity index (χ1v) is 8.32. The molecule has 25 heavy (non-hydrogen) atoms. The van der Waals surface area contributed by atoms with E-state index in [0.717, 1.165) is 0 Å². The number of nitrogens with zero attached hydrogens (tertiary/aromatic N) is 2. The van der Waals surface area contributed by atoms with E-state index in [1.54, 1.807) is 32.2 Å². The first-order chi connectivity index (χ1) is 12.0. The molecule has 0 saturated heterocycles. The van der Waals surface area contributed by atoms with Gasteiger partial charge in [0.2, 0.25) is 5.13 Å². The van der Waals surface area contributed by atoms with E-state index in [4.69, 9.17) is 10.5 Å². The Hall–Kier alpha value is -2.72. The number of benzene rings is 1. The molecule has 9 nitrogen and oxygen atoms in total. The predicted molar refractivity (Wildman–Crippen MR) is 95.6 cm³/mol. The van der Waals surface area contributed by atoms with Crippen molar-refractivity contribution in [2.75, 3.05) is 31.3 Å². The van der Waals surface area contributed by atoms with Gasteiger partial charge in [-0.25, -0.2) is 4.79 Å². The van der Waals surface area contributed by atoms with Crippen LogP contribution in [0.2, 0.25) is 0 Å². The van der Waals surface area contributed by atoms with E-state index in [-0.39, 0.29) is 12.5 Å². The Morgan fingerprint density at radius 3 is 2.76 bits per heavy atom. The second-order valence-corrected chi connectivity index (χ2v) is 6.16. The number of rotatable bonds is 7. The van der Waals surface area contributed by atoms with Crippen molar-refractivity contribution < 1.29 is 14.3 Å². The fraction of sp³-hybridized carbons (Fsp3) is 0.333. The van der Waals surface area contributed by atoms with Crippen molar-refractivity contribution in [1.82, 2.24) is 20.8 Å². The molecule has 3 amide bonds. The molecule has 1 heterocycles. The summed E-state index contributed by atoms with van der Waals surface area (Å²) in [5.74, 6) is -0.219. The summed E-state index contributed by atoms with van der Waals surface area (Å²) < 4.78 is 4.90. The third-order valence-corrected chi connectivity index (χ3v) is 4.05. The van der Waals surface area contributed by atoms with Gasteiger partial charge in [-0.3, -0.25) is 4.79 Å². The van der Waals surface area contributed by atoms with E-state index in [1.165, 1.54) is 11.3 Å². The fourth-order valence-electron chi connectivity index (χ4n) is 2.04. The van der Waals surface area contributed by atoms with Crippen molar-refractivity contribution >= 4 is 34.1 Å². The molecule has 0 aliphatic carbocycles. The second kappa shape index (κ2) is 8.94. The van der Waals surface area contributed by atoms with Gasteiger partial charge < -0.3 is 26.4 Å². The van der Waals surface area contributed by atoms with Gasteiger partial charge in [0.25, 0.3) is 5.91 Å². The van der Waals surface area contributed by atoms with Crippen LogP contribution in [0.25, 0.3) is 0 Å². The summed E-state index contributed by atoms with van der Waals surface area (Å²) in [5, 5.41) is 16.6. The van der Waals surface area contributed by atoms with Crippen LogP contribution in [-0.2, 0) is 11.3 Å². The number of hydrogen-bond donors (Lipinski definition) is 4. The topological polar surface area (TPSA) is 131 Å². The van der Waals surface area contributed by atoms with Crippen LogP contribution in [-0.4, -0.2) is 42.4 Å². The molecule has 0 spiro atoms. The molecular weight excluding hydrogens is 344 g/mol. The highest BCUT2D eigenvalue weighted by molar-refractivity contribution is 7.15. The van der Waals surface area contributed by atoms with Gasteiger partial charge in [0.15, 0.2) is 0 Å². The van der Waals surface area contributed by atoms with Gasteiger partial charge in [-0.2, -0.15) is 0 Å². The largest absolute Gasteiger partial charge is 0.383 e. The van der Waals surface area contributed by atoms with E-state index >= 15 is 0 Å². The minimum absolute atomic E-state index is 0.219. The Labute approximate surface area is 149 Å². The molecule has 10 heteroatoms. The SMILES string of the molecule is COCCNC(=O)c1cccc(NC(=O)NCc2nnc(N)s2)c1C. The number of carbonyl (C=O) groups is 2. The Kier molecular flexibility index (Phi) is 6.66. The molecule has 0 aliphatic heterocycles. The lowest BCUT2D eigenvalue weighted by molar-refractivity contribution is 0.0936. The van der Waals surface area contributed by atoms with Crippen LogP contribution >= 0.6 is 11.3 Å². The smallest absolute Gasteiger partial charge is 0.319 e. The second-order valence-electron chi connectivity index (χ2n) is 5.07. The quantitative estimate of drug-likeness (QED) is 0.545. The number of carbonyl (C=O) groups excluding carboxylic acids is 2. The summed E-state index contributed by atoms with van der Waals surface area (Å²) in [6, 6.07) is 4.72. The average Bonchev–Trinajstić information content (AvgIpc) is 3.00. The fourth-order valence-corrected chi connectivity index (χ4v) is 2.59. The minimum atomic E-state index is -0.409. The molecule has 0 radical (unpaired) electrons. The molecule has 1 aromatic carbocycles. The van der Waals surface area contributed by atoms with Gasteiger partial charge in [0, 0.05) is 24.9 Å². The van der Waals surface area contributed by atoms with Gasteiger partial charge in [-0.15, -0.1) is 10.2 Å². The van der Waals surface area contributed by atoms with Gasteiger partial charge >= 0.3 is 6.03 Å². The molecule has 5 N–H and O–H groups in total. The maximum Gasteiger partial charge on any atom is 0.319 e. The summed E-state index contributed by atoms with van der Waals surface area (Å²) in [6.45, 7) is 2.84. The molecule has 0 saturated carbocycles. The maximum atomic E-state index is 12.2. The van der Waals surface area contributed by atoms with Gasteiger partial charge in [-0.1, -0.05) is 17.4 Å². The van der Waals surface area contributed by atoms with Gasteiger partial charge in [0.1, 0.15) is 5.01 Å². The van der Waals surface area contributed by atoms with Crippen LogP contribution in [0.15, 0.2) is 18.2 Å². The molecule has 0 aliphatic rings. The predicted octanol–water partition coefficient (Wildman–Crippen LogP) is 1.13. The lowest BCUT2D eigenvalue weighted by Crippen LogP contribution is -2.30. The molecule has 0 atom stereocenters. The maximum absolute atomic E-state index is 12.2. The van der Waals surface area contributed by atoms with Crippen molar-refractivity contribution in [2.45, 2.75) is 13.5 Å². The summed E-state index contributed by atoms with van der Waals surface area (Å²) >= 11 is 1.20. The lowest BCUT2D eigenvalue weighted by Gasteiger charge is -2.13. The van der Waals surface area contributed by atoms with Crippen LogP contribution in [0.3, 0.4) is 0 Å². The zero-order chi connectivity index (χ0) is 18.2. The lowest BCUT2D eigenvalue weighted by atomic mass is 10.1. The Morgan fingerprint density at radius 1 is 1.28 bits per heavy atom. The van der Waals surface area contributed by atoms with Crippen molar-refractivity contribution in [3.63, 3.8) is 0 Å². The number of anilines is 2. The Bertz CT molecular complexity index is 749. The van der Waals surface area contributed by atoms with E-state index in [1.807, 2.05) is 0 Å². The number of nitrogen functional groups attached to an aromatic ring is 1. The van der Waals surface area contributed by atoms with E-state index in [9.17, 15) is 9.59 Å². The highest BCUT2D eigenvalue weighted by atomic mass is 32.1. The number of aromatic nitrogens is 2. The van der Waals surface area contributed by atoms with Crippen molar-refractivity contribution in [1.29, 1.82) is 0 Å². The summed E-state index contributed by atoms with van der Waals surface area (Å²) in [5.41, 5.74) is 7.20. The highest BCUT2D eigenvalue weighted by Crippen LogP contribution is 2.19. The van der Waals surface area contributed by atoms with Gasteiger partial charge in [0.05, 0.1) is 13.2 Å². The number of amides is 3. The molecule has 1 aromatic heterocycles. The molecular formula is C15H20N6O3S. The Morgan fingerprint density at radius 2 is 2.08 bits per heavy atom. The first kappa shape index (κ1) is 18.6. The van der Waals surface area contributed by atoms with Crippen LogP contribution < -0.4 is 21.7 Å². The molecule has 0 bridgehead atoms. The van der Waals surface area contributed by atoms with Crippen LogP contribution in [0.5, 0.6) is 0 Å². The van der Waals surface area contributed by atoms with Crippen LogP contribution in [0, 0.1) is 6.92 Å². The first-order valence-electron chi connectivity index (χ1n) is 7.50.